The Balaban J connectivity index is 1.68. The number of ether oxygens (including phenoxy) is 1. The maximum absolute atomic E-state index is 12.1. The van der Waals surface area contributed by atoms with Crippen molar-refractivity contribution in [2.75, 3.05) is 11.9 Å². The second kappa shape index (κ2) is 7.77. The first-order chi connectivity index (χ1) is 12.9. The molecule has 0 atom stereocenters. The molecule has 0 spiro atoms. The zero-order valence-corrected chi connectivity index (χ0v) is 15.6. The highest BCUT2D eigenvalue weighted by molar-refractivity contribution is 7.89. The van der Waals surface area contributed by atoms with Gasteiger partial charge < -0.3 is 10.1 Å². The van der Waals surface area contributed by atoms with Crippen LogP contribution in [-0.2, 0) is 21.2 Å². The van der Waals surface area contributed by atoms with Crippen LogP contribution < -0.4 is 15.2 Å². The van der Waals surface area contributed by atoms with Gasteiger partial charge in [0, 0.05) is 5.69 Å². The van der Waals surface area contributed by atoms with Gasteiger partial charge in [0.15, 0.2) is 6.61 Å². The normalized spacial score (nSPS) is 11.3. The molecule has 0 heterocycles. The number of benzene rings is 3. The predicted octanol–water partition coefficient (Wildman–Crippen LogP) is 3.07. The Kier molecular flexibility index (Phi) is 5.43. The topological polar surface area (TPSA) is 98.5 Å². The van der Waals surface area contributed by atoms with Crippen molar-refractivity contribution >= 4 is 32.4 Å². The summed E-state index contributed by atoms with van der Waals surface area (Å²) in [7, 11) is -3.86. The molecule has 0 saturated heterocycles. The zero-order valence-electron chi connectivity index (χ0n) is 14.8. The minimum atomic E-state index is -3.86. The monoisotopic (exact) mass is 384 g/mol. The third-order valence-electron chi connectivity index (χ3n) is 4.13. The average molecular weight is 384 g/mol. The second-order valence-corrected chi connectivity index (χ2v) is 7.60. The van der Waals surface area contributed by atoms with Gasteiger partial charge in [0.05, 0.1) is 4.90 Å². The maximum Gasteiger partial charge on any atom is 0.262 e. The Bertz CT molecular complexity index is 1090. The summed E-state index contributed by atoms with van der Waals surface area (Å²) in [5, 5.41) is 9.98. The molecule has 140 valence electrons. The first kappa shape index (κ1) is 18.9. The van der Waals surface area contributed by atoms with Crippen LogP contribution in [0.1, 0.15) is 12.5 Å². The zero-order chi connectivity index (χ0) is 19.4. The lowest BCUT2D eigenvalue weighted by molar-refractivity contribution is -0.118. The van der Waals surface area contributed by atoms with Crippen LogP contribution in [-0.4, -0.2) is 20.9 Å². The molecule has 0 aromatic heterocycles. The quantitative estimate of drug-likeness (QED) is 0.682. The molecule has 0 aliphatic rings. The van der Waals surface area contributed by atoms with E-state index in [1.807, 2.05) is 43.3 Å². The van der Waals surface area contributed by atoms with Crippen molar-refractivity contribution in [3.63, 3.8) is 0 Å². The van der Waals surface area contributed by atoms with Gasteiger partial charge in [-0.1, -0.05) is 43.3 Å². The summed E-state index contributed by atoms with van der Waals surface area (Å²) in [5.74, 6) is 0.184. The van der Waals surface area contributed by atoms with Crippen LogP contribution in [0.4, 0.5) is 5.69 Å². The lowest BCUT2D eigenvalue weighted by atomic mass is 10.1. The van der Waals surface area contributed by atoms with Crippen LogP contribution in [0.25, 0.3) is 10.8 Å². The fraction of sp³-hybridized carbons (Fsp3) is 0.150. The molecule has 3 N–H and O–H groups in total. The standard InChI is InChI=1S/C20H20N2O4S/c1-2-14-7-9-17(12-19(14)27(21,24)25)22-20(23)13-26-18-10-8-15-5-3-4-6-16(15)11-18/h3-12H,2,13H2,1H3,(H,22,23)(H2,21,24,25). The fourth-order valence-electron chi connectivity index (χ4n) is 2.79. The van der Waals surface area contributed by atoms with Gasteiger partial charge in [-0.3, -0.25) is 4.79 Å². The van der Waals surface area contributed by atoms with Gasteiger partial charge >= 0.3 is 0 Å². The Morgan fingerprint density at radius 2 is 1.78 bits per heavy atom. The van der Waals surface area contributed by atoms with Crippen LogP contribution in [0.2, 0.25) is 0 Å². The van der Waals surface area contributed by atoms with Gasteiger partial charge in [-0.05, 0) is 47.0 Å². The minimum absolute atomic E-state index is 0.0123. The number of carbonyl (C=O) groups excluding carboxylic acids is 1. The summed E-state index contributed by atoms with van der Waals surface area (Å²) < 4.78 is 29.0. The van der Waals surface area contributed by atoms with Crippen molar-refractivity contribution in [2.24, 2.45) is 5.14 Å². The number of primary sulfonamides is 1. The molecule has 0 saturated carbocycles. The number of nitrogens with two attached hydrogens (primary N) is 1. The summed E-state index contributed by atoms with van der Waals surface area (Å²) in [4.78, 5) is 12.2. The van der Waals surface area contributed by atoms with Crippen molar-refractivity contribution < 1.29 is 17.9 Å². The van der Waals surface area contributed by atoms with E-state index in [9.17, 15) is 13.2 Å². The maximum atomic E-state index is 12.1. The number of anilines is 1. The summed E-state index contributed by atoms with van der Waals surface area (Å²) in [6, 6.07) is 18.1. The second-order valence-electron chi connectivity index (χ2n) is 6.07. The van der Waals surface area contributed by atoms with Crippen LogP contribution in [0, 0.1) is 0 Å². The van der Waals surface area contributed by atoms with Crippen LogP contribution in [0.5, 0.6) is 5.75 Å². The number of fused-ring (bicyclic) bond motifs is 1. The van der Waals surface area contributed by atoms with Gasteiger partial charge in [0.1, 0.15) is 5.75 Å². The van der Waals surface area contributed by atoms with Gasteiger partial charge in [-0.25, -0.2) is 13.6 Å². The van der Waals surface area contributed by atoms with Crippen molar-refractivity contribution in [1.82, 2.24) is 0 Å². The molecule has 0 radical (unpaired) electrons. The van der Waals surface area contributed by atoms with E-state index in [1.165, 1.54) is 6.07 Å². The van der Waals surface area contributed by atoms with E-state index in [-0.39, 0.29) is 11.5 Å². The van der Waals surface area contributed by atoms with Crippen LogP contribution >= 0.6 is 0 Å². The van der Waals surface area contributed by atoms with E-state index in [0.717, 1.165) is 10.8 Å². The highest BCUT2D eigenvalue weighted by Crippen LogP contribution is 2.22. The first-order valence-electron chi connectivity index (χ1n) is 8.44. The number of hydrogen-bond acceptors (Lipinski definition) is 4. The molecule has 3 aromatic rings. The summed E-state index contributed by atoms with van der Waals surface area (Å²) in [6.45, 7) is 1.64. The number of hydrogen-bond donors (Lipinski definition) is 2. The molecule has 0 unspecified atom stereocenters. The van der Waals surface area contributed by atoms with Gasteiger partial charge in [-0.15, -0.1) is 0 Å². The van der Waals surface area contributed by atoms with Gasteiger partial charge in [-0.2, -0.15) is 0 Å². The molecule has 3 aromatic carbocycles. The molecular weight excluding hydrogens is 364 g/mol. The lowest BCUT2D eigenvalue weighted by Crippen LogP contribution is -2.21. The molecule has 0 bridgehead atoms. The number of aryl methyl sites for hydroxylation is 1. The number of carbonyl (C=O) groups is 1. The summed E-state index contributed by atoms with van der Waals surface area (Å²) >= 11 is 0. The number of nitrogens with one attached hydrogen (secondary N) is 1. The summed E-state index contributed by atoms with van der Waals surface area (Å²) in [6.07, 6.45) is 0.519. The molecule has 7 heteroatoms. The molecule has 1 amide bonds. The van der Waals surface area contributed by atoms with Crippen molar-refractivity contribution in [1.29, 1.82) is 0 Å². The summed E-state index contributed by atoms with van der Waals surface area (Å²) in [5.41, 5.74) is 0.950. The first-order valence-corrected chi connectivity index (χ1v) is 9.98. The van der Waals surface area contributed by atoms with Crippen LogP contribution in [0.3, 0.4) is 0 Å². The molecule has 3 rings (SSSR count). The smallest absolute Gasteiger partial charge is 0.262 e. The lowest BCUT2D eigenvalue weighted by Gasteiger charge is -2.11. The van der Waals surface area contributed by atoms with E-state index in [2.05, 4.69) is 5.32 Å². The van der Waals surface area contributed by atoms with E-state index >= 15 is 0 Å². The molecule has 0 aliphatic heterocycles. The molecular formula is C20H20N2O4S. The number of sulfonamides is 1. The average Bonchev–Trinajstić information content (AvgIpc) is 2.65. The molecule has 0 aliphatic carbocycles. The van der Waals surface area contributed by atoms with Crippen molar-refractivity contribution in [3.8, 4) is 5.75 Å². The Labute approximate surface area is 158 Å². The minimum Gasteiger partial charge on any atom is -0.484 e. The fourth-order valence-corrected chi connectivity index (χ4v) is 3.66. The van der Waals surface area contributed by atoms with E-state index < -0.39 is 15.9 Å². The van der Waals surface area contributed by atoms with Gasteiger partial charge in [0.25, 0.3) is 5.91 Å². The third kappa shape index (κ3) is 4.64. The van der Waals surface area contributed by atoms with Gasteiger partial charge in [0.2, 0.25) is 10.0 Å². The third-order valence-corrected chi connectivity index (χ3v) is 5.12. The van der Waals surface area contributed by atoms with E-state index in [1.54, 1.807) is 18.2 Å². The Morgan fingerprint density at radius 1 is 1.04 bits per heavy atom. The van der Waals surface area contributed by atoms with E-state index in [4.69, 9.17) is 9.88 Å². The molecule has 6 nitrogen and oxygen atoms in total. The van der Waals surface area contributed by atoms with Crippen molar-refractivity contribution in [3.05, 3.63) is 66.2 Å². The SMILES string of the molecule is CCc1ccc(NC(=O)COc2ccc3ccccc3c2)cc1S(N)(=O)=O. The molecule has 0 fully saturated rings. The highest BCUT2D eigenvalue weighted by atomic mass is 32.2. The van der Waals surface area contributed by atoms with E-state index in [0.29, 0.717) is 23.4 Å². The largest absolute Gasteiger partial charge is 0.484 e. The number of rotatable bonds is 6. The van der Waals surface area contributed by atoms with Crippen molar-refractivity contribution in [2.45, 2.75) is 18.2 Å². The number of amides is 1. The van der Waals surface area contributed by atoms with Crippen LogP contribution in [0.15, 0.2) is 65.6 Å². The molecule has 27 heavy (non-hydrogen) atoms. The highest BCUT2D eigenvalue weighted by Gasteiger charge is 2.14. The Hall–Kier alpha value is -2.90. The Morgan fingerprint density at radius 3 is 2.48 bits per heavy atom. The predicted molar refractivity (Wildman–Crippen MR) is 105 cm³/mol.